The first kappa shape index (κ1) is 17.7. The highest BCUT2D eigenvalue weighted by molar-refractivity contribution is 9.10. The largest absolute Gasteiger partial charge is 0.444 e. The number of ketones is 1. The van der Waals surface area contributed by atoms with Crippen molar-refractivity contribution >= 4 is 27.8 Å². The zero-order valence-electron chi connectivity index (χ0n) is 12.7. The van der Waals surface area contributed by atoms with E-state index in [0.717, 1.165) is 22.9 Å². The molecule has 116 valence electrons. The van der Waals surface area contributed by atoms with Crippen molar-refractivity contribution in [1.29, 1.82) is 0 Å². The second-order valence-electron chi connectivity index (χ2n) is 5.82. The minimum atomic E-state index is -0.484. The van der Waals surface area contributed by atoms with Gasteiger partial charge >= 0.3 is 6.09 Å². The van der Waals surface area contributed by atoms with Crippen LogP contribution < -0.4 is 5.32 Å². The SMILES string of the molecule is CC(C)(C)OC(=O)NCCCCC(=O)c1ccc(Br)cc1. The molecule has 0 aromatic heterocycles. The van der Waals surface area contributed by atoms with Crippen molar-refractivity contribution in [1.82, 2.24) is 5.32 Å². The zero-order valence-corrected chi connectivity index (χ0v) is 14.3. The van der Waals surface area contributed by atoms with Gasteiger partial charge in [-0.05, 0) is 45.7 Å². The number of halogens is 1. The van der Waals surface area contributed by atoms with Gasteiger partial charge in [-0.1, -0.05) is 28.1 Å². The molecule has 0 aliphatic carbocycles. The molecular formula is C16H22BrNO3. The number of ether oxygens (including phenoxy) is 1. The van der Waals surface area contributed by atoms with Crippen molar-refractivity contribution in [2.45, 2.75) is 45.6 Å². The first-order chi connectivity index (χ1) is 9.78. The van der Waals surface area contributed by atoms with Gasteiger partial charge in [0, 0.05) is 23.0 Å². The van der Waals surface area contributed by atoms with Crippen molar-refractivity contribution in [3.8, 4) is 0 Å². The lowest BCUT2D eigenvalue weighted by atomic mass is 10.1. The Hall–Kier alpha value is -1.36. The zero-order chi connectivity index (χ0) is 15.9. The average Bonchev–Trinajstić information content (AvgIpc) is 2.36. The van der Waals surface area contributed by atoms with E-state index in [1.807, 2.05) is 45.0 Å². The van der Waals surface area contributed by atoms with Crippen LogP contribution in [0.25, 0.3) is 0 Å². The first-order valence-corrected chi connectivity index (χ1v) is 7.83. The number of amides is 1. The van der Waals surface area contributed by atoms with E-state index in [9.17, 15) is 9.59 Å². The first-order valence-electron chi connectivity index (χ1n) is 7.03. The van der Waals surface area contributed by atoms with Crippen LogP contribution in [-0.2, 0) is 4.74 Å². The summed E-state index contributed by atoms with van der Waals surface area (Å²) in [5, 5.41) is 2.68. The van der Waals surface area contributed by atoms with Gasteiger partial charge in [0.25, 0.3) is 0 Å². The van der Waals surface area contributed by atoms with Crippen LogP contribution in [0.2, 0.25) is 0 Å². The molecule has 0 spiro atoms. The minimum absolute atomic E-state index is 0.125. The molecule has 0 saturated carbocycles. The van der Waals surface area contributed by atoms with Crippen LogP contribution in [0, 0.1) is 0 Å². The molecule has 0 bridgehead atoms. The van der Waals surface area contributed by atoms with Crippen LogP contribution in [0.1, 0.15) is 50.4 Å². The smallest absolute Gasteiger partial charge is 0.407 e. The molecule has 0 radical (unpaired) electrons. The minimum Gasteiger partial charge on any atom is -0.444 e. The number of benzene rings is 1. The lowest BCUT2D eigenvalue weighted by Crippen LogP contribution is -2.33. The van der Waals surface area contributed by atoms with E-state index in [1.165, 1.54) is 0 Å². The molecule has 1 rings (SSSR count). The lowest BCUT2D eigenvalue weighted by Gasteiger charge is -2.19. The topological polar surface area (TPSA) is 55.4 Å². The maximum Gasteiger partial charge on any atom is 0.407 e. The van der Waals surface area contributed by atoms with Crippen LogP contribution in [0.4, 0.5) is 4.79 Å². The fourth-order valence-electron chi connectivity index (χ4n) is 1.70. The summed E-state index contributed by atoms with van der Waals surface area (Å²) in [6.07, 6.45) is 1.56. The monoisotopic (exact) mass is 355 g/mol. The summed E-state index contributed by atoms with van der Waals surface area (Å²) in [6, 6.07) is 7.34. The lowest BCUT2D eigenvalue weighted by molar-refractivity contribution is 0.0527. The molecular weight excluding hydrogens is 334 g/mol. The van der Waals surface area contributed by atoms with Crippen molar-refractivity contribution in [2.75, 3.05) is 6.54 Å². The van der Waals surface area contributed by atoms with Gasteiger partial charge in [0.1, 0.15) is 5.60 Å². The molecule has 0 saturated heterocycles. The number of hydrogen-bond donors (Lipinski definition) is 1. The maximum absolute atomic E-state index is 11.9. The number of unbranched alkanes of at least 4 members (excludes halogenated alkanes) is 1. The van der Waals surface area contributed by atoms with Gasteiger partial charge in [-0.2, -0.15) is 0 Å². The van der Waals surface area contributed by atoms with Gasteiger partial charge in [-0.3, -0.25) is 4.79 Å². The molecule has 1 aromatic carbocycles. The van der Waals surface area contributed by atoms with E-state index in [-0.39, 0.29) is 5.78 Å². The summed E-state index contributed by atoms with van der Waals surface area (Å²) in [6.45, 7) is 5.99. The van der Waals surface area contributed by atoms with Crippen LogP contribution in [0.15, 0.2) is 28.7 Å². The molecule has 4 nitrogen and oxygen atoms in total. The van der Waals surface area contributed by atoms with Gasteiger partial charge in [0.2, 0.25) is 0 Å². The highest BCUT2D eigenvalue weighted by atomic mass is 79.9. The quantitative estimate of drug-likeness (QED) is 0.610. The van der Waals surface area contributed by atoms with Gasteiger partial charge in [0.05, 0.1) is 0 Å². The Morgan fingerprint density at radius 1 is 1.14 bits per heavy atom. The molecule has 1 amide bonds. The fourth-order valence-corrected chi connectivity index (χ4v) is 1.96. The third-order valence-electron chi connectivity index (χ3n) is 2.67. The van der Waals surface area contributed by atoms with Crippen molar-refractivity contribution in [2.24, 2.45) is 0 Å². The summed E-state index contributed by atoms with van der Waals surface area (Å²) < 4.78 is 6.08. The van der Waals surface area contributed by atoms with E-state index < -0.39 is 11.7 Å². The number of Topliss-reactive ketones (excluding diaryl/α,β-unsaturated/α-hetero) is 1. The summed E-state index contributed by atoms with van der Waals surface area (Å²) in [5.74, 6) is 0.125. The Morgan fingerprint density at radius 3 is 2.33 bits per heavy atom. The summed E-state index contributed by atoms with van der Waals surface area (Å²) in [4.78, 5) is 23.3. The number of alkyl carbamates (subject to hydrolysis) is 1. The highest BCUT2D eigenvalue weighted by Gasteiger charge is 2.15. The molecule has 0 aliphatic rings. The molecule has 0 heterocycles. The van der Waals surface area contributed by atoms with Crippen LogP contribution in [0.3, 0.4) is 0 Å². The third kappa shape index (κ3) is 7.85. The van der Waals surface area contributed by atoms with E-state index >= 15 is 0 Å². The molecule has 0 aliphatic heterocycles. The number of carbonyl (C=O) groups is 2. The van der Waals surface area contributed by atoms with Crippen LogP contribution in [-0.4, -0.2) is 24.0 Å². The normalized spacial score (nSPS) is 11.0. The molecule has 5 heteroatoms. The number of rotatable bonds is 6. The van der Waals surface area contributed by atoms with E-state index in [2.05, 4.69) is 21.2 Å². The van der Waals surface area contributed by atoms with E-state index in [4.69, 9.17) is 4.74 Å². The number of nitrogens with one attached hydrogen (secondary N) is 1. The summed E-state index contributed by atoms with van der Waals surface area (Å²) >= 11 is 3.34. The highest BCUT2D eigenvalue weighted by Crippen LogP contribution is 2.13. The predicted octanol–water partition coefficient (Wildman–Crippen LogP) is 4.33. The molecule has 21 heavy (non-hydrogen) atoms. The second kappa shape index (κ2) is 8.17. The Labute approximate surface area is 134 Å². The molecule has 1 aromatic rings. The fraction of sp³-hybridized carbons (Fsp3) is 0.500. The standard InChI is InChI=1S/C16H22BrNO3/c1-16(2,3)21-15(20)18-11-5-4-6-14(19)12-7-9-13(17)10-8-12/h7-10H,4-6,11H2,1-3H3,(H,18,20). The number of carbonyl (C=O) groups excluding carboxylic acids is 2. The Kier molecular flexibility index (Phi) is 6.89. The van der Waals surface area contributed by atoms with Crippen molar-refractivity contribution in [3.05, 3.63) is 34.3 Å². The maximum atomic E-state index is 11.9. The van der Waals surface area contributed by atoms with Crippen molar-refractivity contribution in [3.63, 3.8) is 0 Å². The molecule has 1 N–H and O–H groups in total. The Morgan fingerprint density at radius 2 is 1.76 bits per heavy atom. The summed E-state index contributed by atoms with van der Waals surface area (Å²) in [7, 11) is 0. The van der Waals surface area contributed by atoms with Crippen LogP contribution in [0.5, 0.6) is 0 Å². The second-order valence-corrected chi connectivity index (χ2v) is 6.73. The average molecular weight is 356 g/mol. The van der Waals surface area contributed by atoms with Gasteiger partial charge < -0.3 is 10.1 Å². The van der Waals surface area contributed by atoms with Gasteiger partial charge in [-0.25, -0.2) is 4.79 Å². The Balaban J connectivity index is 2.18. The van der Waals surface area contributed by atoms with Gasteiger partial charge in [0.15, 0.2) is 5.78 Å². The predicted molar refractivity (Wildman–Crippen MR) is 86.6 cm³/mol. The van der Waals surface area contributed by atoms with E-state index in [0.29, 0.717) is 13.0 Å². The van der Waals surface area contributed by atoms with Gasteiger partial charge in [-0.15, -0.1) is 0 Å². The number of hydrogen-bond acceptors (Lipinski definition) is 3. The molecule has 0 fully saturated rings. The molecule has 0 unspecified atom stereocenters. The Bertz CT molecular complexity index is 477. The summed E-state index contributed by atoms with van der Waals surface area (Å²) in [5.41, 5.74) is 0.236. The molecule has 0 atom stereocenters. The third-order valence-corrected chi connectivity index (χ3v) is 3.19. The van der Waals surface area contributed by atoms with Crippen LogP contribution >= 0.6 is 15.9 Å². The van der Waals surface area contributed by atoms with E-state index in [1.54, 1.807) is 0 Å². The van der Waals surface area contributed by atoms with Crippen molar-refractivity contribution < 1.29 is 14.3 Å².